The highest BCUT2D eigenvalue weighted by molar-refractivity contribution is 7.07. The maximum atomic E-state index is 14.2. The number of ether oxygens (including phenoxy) is 3. The molecule has 0 fully saturated rings. The number of thiazole rings is 1. The fourth-order valence-corrected chi connectivity index (χ4v) is 7.21. The van der Waals surface area contributed by atoms with E-state index in [0.717, 1.165) is 52.1 Å². The van der Waals surface area contributed by atoms with Gasteiger partial charge in [-0.15, -0.1) is 0 Å². The molecule has 0 N–H and O–H groups in total. The zero-order chi connectivity index (χ0) is 30.9. The maximum absolute atomic E-state index is 14.2. The first-order valence-electron chi connectivity index (χ1n) is 14.9. The van der Waals surface area contributed by atoms with E-state index in [-0.39, 0.29) is 11.6 Å². The highest BCUT2D eigenvalue weighted by Crippen LogP contribution is 2.43. The Kier molecular flexibility index (Phi) is 8.04. The summed E-state index contributed by atoms with van der Waals surface area (Å²) in [6.45, 7) is 2.80. The number of allylic oxidation sites excluding steroid dienone is 1. The van der Waals surface area contributed by atoms with Gasteiger partial charge in [-0.05, 0) is 78.4 Å². The SMILES string of the molecule is CCOc1cc(/C=c2\sc3n(c2=O)[C@@H](c2ccccc2OC)C2=C(N=3)c3ccccc3CC2)ccc1OCc1ccc(Cl)cc1. The van der Waals surface area contributed by atoms with Crippen molar-refractivity contribution in [1.29, 1.82) is 0 Å². The Morgan fingerprint density at radius 2 is 1.73 bits per heavy atom. The number of para-hydroxylation sites is 1. The summed E-state index contributed by atoms with van der Waals surface area (Å²) in [5.74, 6) is 2.00. The van der Waals surface area contributed by atoms with Gasteiger partial charge in [-0.25, -0.2) is 4.99 Å². The highest BCUT2D eigenvalue weighted by Gasteiger charge is 2.34. The van der Waals surface area contributed by atoms with Crippen molar-refractivity contribution in [3.05, 3.63) is 149 Å². The minimum Gasteiger partial charge on any atom is -0.496 e. The van der Waals surface area contributed by atoms with Gasteiger partial charge < -0.3 is 14.2 Å². The van der Waals surface area contributed by atoms with Crippen molar-refractivity contribution < 1.29 is 14.2 Å². The highest BCUT2D eigenvalue weighted by atomic mass is 35.5. The molecule has 0 radical (unpaired) electrons. The summed E-state index contributed by atoms with van der Waals surface area (Å²) >= 11 is 7.43. The Morgan fingerprint density at radius 3 is 2.56 bits per heavy atom. The molecule has 0 unspecified atom stereocenters. The van der Waals surface area contributed by atoms with E-state index in [4.69, 9.17) is 30.8 Å². The molecular formula is C37H31ClN2O4S. The summed E-state index contributed by atoms with van der Waals surface area (Å²) in [4.78, 5) is 20.0. The summed E-state index contributed by atoms with van der Waals surface area (Å²) in [7, 11) is 1.67. The van der Waals surface area contributed by atoms with Crippen LogP contribution in [0.1, 0.15) is 47.2 Å². The van der Waals surface area contributed by atoms with E-state index < -0.39 is 0 Å². The molecule has 5 aromatic rings. The van der Waals surface area contributed by atoms with Crippen LogP contribution in [0.5, 0.6) is 17.2 Å². The molecule has 1 aliphatic carbocycles. The van der Waals surface area contributed by atoms with Crippen molar-refractivity contribution in [3.63, 3.8) is 0 Å². The van der Waals surface area contributed by atoms with Crippen molar-refractivity contribution in [2.24, 2.45) is 4.99 Å². The van der Waals surface area contributed by atoms with E-state index in [1.165, 1.54) is 16.9 Å². The smallest absolute Gasteiger partial charge is 0.271 e. The van der Waals surface area contributed by atoms with Gasteiger partial charge in [0.25, 0.3) is 5.56 Å². The van der Waals surface area contributed by atoms with E-state index in [2.05, 4.69) is 24.3 Å². The van der Waals surface area contributed by atoms with Crippen molar-refractivity contribution in [2.75, 3.05) is 13.7 Å². The van der Waals surface area contributed by atoms with E-state index in [0.29, 0.717) is 39.1 Å². The number of rotatable bonds is 8. The molecule has 8 heteroatoms. The van der Waals surface area contributed by atoms with Crippen LogP contribution in [0, 0.1) is 0 Å². The van der Waals surface area contributed by atoms with Gasteiger partial charge >= 0.3 is 0 Å². The number of hydrogen-bond acceptors (Lipinski definition) is 6. The van der Waals surface area contributed by atoms with E-state index >= 15 is 0 Å². The van der Waals surface area contributed by atoms with Gasteiger partial charge in [-0.2, -0.15) is 0 Å². The number of halogens is 1. The second kappa shape index (κ2) is 12.4. The second-order valence-electron chi connectivity index (χ2n) is 10.9. The lowest BCUT2D eigenvalue weighted by molar-refractivity contribution is 0.269. The summed E-state index contributed by atoms with van der Waals surface area (Å²) in [6, 6.07) is 29.4. The van der Waals surface area contributed by atoms with Gasteiger partial charge in [0.15, 0.2) is 16.3 Å². The summed E-state index contributed by atoms with van der Waals surface area (Å²) in [5.41, 5.74) is 7.22. The zero-order valence-corrected chi connectivity index (χ0v) is 26.5. The molecule has 0 bridgehead atoms. The van der Waals surface area contributed by atoms with Gasteiger partial charge in [0.05, 0.1) is 30.0 Å². The Morgan fingerprint density at radius 1 is 0.933 bits per heavy atom. The summed E-state index contributed by atoms with van der Waals surface area (Å²) < 4.78 is 20.3. The minimum atomic E-state index is -0.314. The number of aryl methyl sites for hydroxylation is 1. The first-order chi connectivity index (χ1) is 22.0. The molecule has 1 aromatic heterocycles. The van der Waals surface area contributed by atoms with Crippen molar-refractivity contribution >= 4 is 34.7 Å². The third-order valence-corrected chi connectivity index (χ3v) is 9.41. The van der Waals surface area contributed by atoms with Gasteiger partial charge in [0, 0.05) is 16.1 Å². The van der Waals surface area contributed by atoms with Crippen LogP contribution in [0.2, 0.25) is 5.02 Å². The molecular weight excluding hydrogens is 604 g/mol. The molecule has 0 amide bonds. The number of nitrogens with zero attached hydrogens (tertiary/aromatic N) is 2. The molecule has 0 saturated carbocycles. The molecule has 7 rings (SSSR count). The Balaban J connectivity index is 1.32. The van der Waals surface area contributed by atoms with Crippen LogP contribution < -0.4 is 29.1 Å². The average molecular weight is 635 g/mol. The first kappa shape index (κ1) is 29.1. The van der Waals surface area contributed by atoms with Crippen molar-refractivity contribution in [1.82, 2.24) is 4.57 Å². The molecule has 4 aromatic carbocycles. The van der Waals surface area contributed by atoms with Gasteiger partial charge in [-0.1, -0.05) is 83.6 Å². The van der Waals surface area contributed by atoms with Crippen LogP contribution >= 0.6 is 22.9 Å². The van der Waals surface area contributed by atoms with Gasteiger partial charge in [0.1, 0.15) is 12.4 Å². The molecule has 1 aliphatic heterocycles. The van der Waals surface area contributed by atoms with Gasteiger partial charge in [-0.3, -0.25) is 9.36 Å². The summed E-state index contributed by atoms with van der Waals surface area (Å²) in [5, 5.41) is 0.683. The Hall–Kier alpha value is -4.59. The van der Waals surface area contributed by atoms with E-state index in [1.54, 1.807) is 7.11 Å². The largest absolute Gasteiger partial charge is 0.496 e. The van der Waals surface area contributed by atoms with Crippen LogP contribution in [0.4, 0.5) is 0 Å². The van der Waals surface area contributed by atoms with Gasteiger partial charge in [0.2, 0.25) is 0 Å². The predicted molar refractivity (Wildman–Crippen MR) is 179 cm³/mol. The molecule has 0 spiro atoms. The summed E-state index contributed by atoms with van der Waals surface area (Å²) in [6.07, 6.45) is 3.62. The zero-order valence-electron chi connectivity index (χ0n) is 25.0. The number of benzene rings is 4. The molecule has 45 heavy (non-hydrogen) atoms. The molecule has 6 nitrogen and oxygen atoms in total. The molecule has 226 valence electrons. The minimum absolute atomic E-state index is 0.0823. The van der Waals surface area contributed by atoms with E-state index in [9.17, 15) is 4.79 Å². The fraction of sp³-hybridized carbons (Fsp3) is 0.189. The monoisotopic (exact) mass is 634 g/mol. The number of hydrogen-bond donors (Lipinski definition) is 0. The van der Waals surface area contributed by atoms with E-state index in [1.807, 2.05) is 84.3 Å². The quantitative estimate of drug-likeness (QED) is 0.185. The average Bonchev–Trinajstić information content (AvgIpc) is 3.38. The fourth-order valence-electron chi connectivity index (χ4n) is 6.09. The van der Waals surface area contributed by atoms with Crippen molar-refractivity contribution in [2.45, 2.75) is 32.4 Å². The van der Waals surface area contributed by atoms with Crippen molar-refractivity contribution in [3.8, 4) is 17.2 Å². The maximum Gasteiger partial charge on any atom is 0.271 e. The Labute approximate surface area is 270 Å². The number of aromatic nitrogens is 1. The van der Waals surface area contributed by atoms with Crippen LogP contribution in [0.15, 0.2) is 106 Å². The van der Waals surface area contributed by atoms with Crippen LogP contribution in [0.25, 0.3) is 11.8 Å². The lowest BCUT2D eigenvalue weighted by atomic mass is 9.83. The van der Waals surface area contributed by atoms with Crippen LogP contribution in [-0.4, -0.2) is 18.3 Å². The lowest BCUT2D eigenvalue weighted by Gasteiger charge is -2.31. The predicted octanol–water partition coefficient (Wildman–Crippen LogP) is 6.96. The molecule has 2 heterocycles. The number of methoxy groups -OCH3 is 1. The third-order valence-electron chi connectivity index (χ3n) is 8.18. The second-order valence-corrected chi connectivity index (χ2v) is 12.4. The third kappa shape index (κ3) is 5.58. The Bertz CT molecular complexity index is 2110. The topological polar surface area (TPSA) is 62.0 Å². The molecule has 2 aliphatic rings. The normalized spacial score (nSPS) is 15.5. The first-order valence-corrected chi connectivity index (χ1v) is 16.1. The van der Waals surface area contributed by atoms with Crippen LogP contribution in [-0.2, 0) is 13.0 Å². The lowest BCUT2D eigenvalue weighted by Crippen LogP contribution is -2.39. The standard InChI is InChI=1S/C37H31ClN2O4S/c1-3-43-32-20-24(14-19-31(32)44-22-23-12-16-26(38)17-13-23)21-33-36(41)40-35(28-10-6-7-11-30(28)42-2)29-18-15-25-8-4-5-9-27(25)34(29)39-37(40)45-33/h4-14,16-17,19-21,35H,3,15,18,22H2,1-2H3/b33-21-/t35-/m0/s1. The number of fused-ring (bicyclic) bond motifs is 3. The molecule has 1 atom stereocenters. The van der Waals surface area contributed by atoms with Crippen LogP contribution in [0.3, 0.4) is 0 Å². The molecule has 0 saturated heterocycles.